The normalized spacial score (nSPS) is 19.1. The molecule has 1 aromatic heterocycles. The van der Waals surface area contributed by atoms with Gasteiger partial charge in [0.25, 0.3) is 0 Å². The van der Waals surface area contributed by atoms with Gasteiger partial charge in [-0.3, -0.25) is 4.79 Å². The van der Waals surface area contributed by atoms with Crippen LogP contribution in [0.1, 0.15) is 50.6 Å². The molecule has 3 rings (SSSR count). The monoisotopic (exact) mass is 327 g/mol. The minimum absolute atomic E-state index is 0.278. The van der Waals surface area contributed by atoms with Crippen molar-refractivity contribution in [1.29, 1.82) is 5.26 Å². The number of aromatic nitrogens is 2. The molecule has 0 radical (unpaired) electrons. The van der Waals surface area contributed by atoms with Gasteiger partial charge in [0.1, 0.15) is 6.07 Å². The Labute approximate surface area is 143 Å². The van der Waals surface area contributed by atoms with Crippen molar-refractivity contribution in [3.8, 4) is 6.07 Å². The molecule has 0 spiro atoms. The van der Waals surface area contributed by atoms with Crippen molar-refractivity contribution in [1.82, 2.24) is 14.9 Å². The second kappa shape index (κ2) is 8.09. The van der Waals surface area contributed by atoms with Crippen molar-refractivity contribution >= 4 is 11.7 Å². The molecule has 6 heteroatoms. The number of piperazine rings is 1. The Balaban J connectivity index is 1.47. The molecule has 1 aromatic rings. The Morgan fingerprint density at radius 3 is 2.54 bits per heavy atom. The molecule has 2 heterocycles. The molecule has 0 atom stereocenters. The lowest BCUT2D eigenvalue weighted by molar-refractivity contribution is -0.131. The summed E-state index contributed by atoms with van der Waals surface area (Å²) in [6.45, 7) is 2.82. The first-order valence-electron chi connectivity index (χ1n) is 9.02. The van der Waals surface area contributed by atoms with Gasteiger partial charge in [0, 0.05) is 45.0 Å². The zero-order valence-corrected chi connectivity index (χ0v) is 14.2. The van der Waals surface area contributed by atoms with Crippen LogP contribution in [0.5, 0.6) is 0 Å². The highest BCUT2D eigenvalue weighted by Gasteiger charge is 2.24. The number of hydrogen-bond donors (Lipinski definition) is 0. The minimum Gasteiger partial charge on any atom is -0.351 e. The van der Waals surface area contributed by atoms with Crippen molar-refractivity contribution in [2.45, 2.75) is 44.9 Å². The minimum atomic E-state index is 0.278. The summed E-state index contributed by atoms with van der Waals surface area (Å²) < 4.78 is 0. The second-order valence-electron chi connectivity index (χ2n) is 6.75. The van der Waals surface area contributed by atoms with Crippen LogP contribution in [0.2, 0.25) is 0 Å². The van der Waals surface area contributed by atoms with E-state index in [9.17, 15) is 4.79 Å². The van der Waals surface area contributed by atoms with E-state index in [1.165, 1.54) is 38.3 Å². The van der Waals surface area contributed by atoms with Gasteiger partial charge in [-0.25, -0.2) is 9.97 Å². The maximum atomic E-state index is 12.4. The molecule has 1 saturated carbocycles. The van der Waals surface area contributed by atoms with Crippen LogP contribution >= 0.6 is 0 Å². The molecule has 128 valence electrons. The lowest BCUT2D eigenvalue weighted by Crippen LogP contribution is -2.49. The summed E-state index contributed by atoms with van der Waals surface area (Å²) >= 11 is 0. The third-order valence-corrected chi connectivity index (χ3v) is 5.21. The lowest BCUT2D eigenvalue weighted by atomic mass is 9.86. The van der Waals surface area contributed by atoms with Crippen LogP contribution < -0.4 is 4.90 Å². The molecule has 0 N–H and O–H groups in total. The van der Waals surface area contributed by atoms with Gasteiger partial charge in [0.2, 0.25) is 5.91 Å². The predicted octanol–water partition coefficient (Wildman–Crippen LogP) is 2.36. The highest BCUT2D eigenvalue weighted by Crippen LogP contribution is 2.27. The fraction of sp³-hybridized carbons (Fsp3) is 0.667. The van der Waals surface area contributed by atoms with Gasteiger partial charge in [0.15, 0.2) is 11.5 Å². The Morgan fingerprint density at radius 2 is 1.83 bits per heavy atom. The number of nitriles is 1. The average molecular weight is 327 g/mol. The third-order valence-electron chi connectivity index (χ3n) is 5.21. The van der Waals surface area contributed by atoms with Crippen LogP contribution in [0.4, 0.5) is 5.82 Å². The largest absolute Gasteiger partial charge is 0.351 e. The quantitative estimate of drug-likeness (QED) is 0.849. The summed E-state index contributed by atoms with van der Waals surface area (Å²) in [6.07, 6.45) is 11.5. The molecule has 1 aliphatic heterocycles. The van der Waals surface area contributed by atoms with E-state index in [0.717, 1.165) is 12.3 Å². The van der Waals surface area contributed by atoms with E-state index in [4.69, 9.17) is 5.26 Å². The highest BCUT2D eigenvalue weighted by molar-refractivity contribution is 5.76. The molecule has 1 aliphatic carbocycles. The zero-order chi connectivity index (χ0) is 16.8. The summed E-state index contributed by atoms with van der Waals surface area (Å²) in [7, 11) is 0. The second-order valence-corrected chi connectivity index (χ2v) is 6.75. The number of anilines is 1. The molecule has 0 unspecified atom stereocenters. The van der Waals surface area contributed by atoms with E-state index >= 15 is 0 Å². The molecule has 0 bridgehead atoms. The van der Waals surface area contributed by atoms with Crippen molar-refractivity contribution in [2.75, 3.05) is 31.1 Å². The Kier molecular flexibility index (Phi) is 5.63. The van der Waals surface area contributed by atoms with Crippen LogP contribution in [0.15, 0.2) is 12.4 Å². The molecular formula is C18H25N5O. The highest BCUT2D eigenvalue weighted by atomic mass is 16.2. The molecular weight excluding hydrogens is 302 g/mol. The van der Waals surface area contributed by atoms with E-state index in [2.05, 4.69) is 20.9 Å². The van der Waals surface area contributed by atoms with E-state index < -0.39 is 0 Å². The van der Waals surface area contributed by atoms with E-state index in [1.54, 1.807) is 6.20 Å². The summed E-state index contributed by atoms with van der Waals surface area (Å²) in [5.41, 5.74) is 0.356. The Bertz CT molecular complexity index is 598. The van der Waals surface area contributed by atoms with Crippen molar-refractivity contribution < 1.29 is 4.79 Å². The number of rotatable bonds is 4. The smallest absolute Gasteiger partial charge is 0.222 e. The summed E-state index contributed by atoms with van der Waals surface area (Å²) in [6, 6.07) is 2.09. The zero-order valence-electron chi connectivity index (χ0n) is 14.2. The maximum absolute atomic E-state index is 12.4. The van der Waals surface area contributed by atoms with Crippen molar-refractivity contribution in [3.05, 3.63) is 18.1 Å². The SMILES string of the molecule is N#Cc1nccnc1N1CCN(C(=O)CCC2CCCCC2)CC1. The summed E-state index contributed by atoms with van der Waals surface area (Å²) in [5.74, 6) is 1.66. The molecule has 2 fully saturated rings. The summed E-state index contributed by atoms with van der Waals surface area (Å²) in [4.78, 5) is 24.8. The van der Waals surface area contributed by atoms with Gasteiger partial charge in [-0.15, -0.1) is 0 Å². The third kappa shape index (κ3) is 4.02. The van der Waals surface area contributed by atoms with E-state index in [0.29, 0.717) is 44.1 Å². The number of nitrogens with zero attached hydrogens (tertiary/aromatic N) is 5. The van der Waals surface area contributed by atoms with Gasteiger partial charge < -0.3 is 9.80 Å². The Morgan fingerprint density at radius 1 is 1.12 bits per heavy atom. The molecule has 2 aliphatic rings. The van der Waals surface area contributed by atoms with Gasteiger partial charge in [-0.2, -0.15) is 5.26 Å². The van der Waals surface area contributed by atoms with Gasteiger partial charge in [-0.05, 0) is 12.3 Å². The molecule has 1 amide bonds. The van der Waals surface area contributed by atoms with Crippen LogP contribution in [0.3, 0.4) is 0 Å². The van der Waals surface area contributed by atoms with E-state index in [-0.39, 0.29) is 5.91 Å². The molecule has 1 saturated heterocycles. The number of hydrogen-bond acceptors (Lipinski definition) is 5. The van der Waals surface area contributed by atoms with Crippen LogP contribution in [-0.2, 0) is 4.79 Å². The predicted molar refractivity (Wildman–Crippen MR) is 91.3 cm³/mol. The number of carbonyl (C=O) groups excluding carboxylic acids is 1. The first kappa shape index (κ1) is 16.7. The fourth-order valence-corrected chi connectivity index (χ4v) is 3.77. The number of carbonyl (C=O) groups is 1. The van der Waals surface area contributed by atoms with E-state index in [1.807, 2.05) is 4.90 Å². The molecule has 24 heavy (non-hydrogen) atoms. The van der Waals surface area contributed by atoms with Crippen molar-refractivity contribution in [2.24, 2.45) is 5.92 Å². The molecule has 0 aromatic carbocycles. The van der Waals surface area contributed by atoms with Crippen LogP contribution in [0, 0.1) is 17.2 Å². The van der Waals surface area contributed by atoms with Crippen LogP contribution in [0.25, 0.3) is 0 Å². The lowest BCUT2D eigenvalue weighted by Gasteiger charge is -2.35. The first-order valence-corrected chi connectivity index (χ1v) is 9.02. The maximum Gasteiger partial charge on any atom is 0.222 e. The fourth-order valence-electron chi connectivity index (χ4n) is 3.77. The summed E-state index contributed by atoms with van der Waals surface area (Å²) in [5, 5.41) is 9.14. The topological polar surface area (TPSA) is 73.1 Å². The standard InChI is InChI=1S/C18H25N5O/c19-14-16-18(21-9-8-20-16)23-12-10-22(11-13-23)17(24)7-6-15-4-2-1-3-5-15/h8-9,15H,1-7,10-13H2. The van der Waals surface area contributed by atoms with Gasteiger partial charge in [0.05, 0.1) is 0 Å². The van der Waals surface area contributed by atoms with Crippen LogP contribution in [-0.4, -0.2) is 47.0 Å². The molecule has 6 nitrogen and oxygen atoms in total. The van der Waals surface area contributed by atoms with Gasteiger partial charge >= 0.3 is 0 Å². The first-order chi connectivity index (χ1) is 11.8. The Hall–Kier alpha value is -2.16. The average Bonchev–Trinajstić information content (AvgIpc) is 2.67. The van der Waals surface area contributed by atoms with Crippen molar-refractivity contribution in [3.63, 3.8) is 0 Å². The number of amides is 1. The van der Waals surface area contributed by atoms with Gasteiger partial charge in [-0.1, -0.05) is 32.1 Å².